The summed E-state index contributed by atoms with van der Waals surface area (Å²) in [5, 5.41) is 0. The lowest BCUT2D eigenvalue weighted by molar-refractivity contribution is -0.123. The minimum atomic E-state index is -0.591. The second-order valence-electron chi connectivity index (χ2n) is 4.00. The molecule has 2 N–H and O–H groups in total. The number of hydrogen-bond acceptors (Lipinski definition) is 2. The maximum Gasteiger partial charge on any atom is 0.152 e. The molecule has 1 atom stereocenters. The van der Waals surface area contributed by atoms with Crippen LogP contribution in [0, 0.1) is 0 Å². The van der Waals surface area contributed by atoms with E-state index in [1.54, 1.807) is 0 Å². The Morgan fingerprint density at radius 3 is 2.31 bits per heavy atom. The molecule has 2 nitrogen and oxygen atoms in total. The quantitative estimate of drug-likeness (QED) is 0.620. The van der Waals surface area contributed by atoms with Crippen LogP contribution in [0.2, 0.25) is 0 Å². The lowest BCUT2D eigenvalue weighted by Crippen LogP contribution is -2.44. The summed E-state index contributed by atoms with van der Waals surface area (Å²) in [6.07, 6.45) is 5.98. The van der Waals surface area contributed by atoms with Gasteiger partial charge in [0.1, 0.15) is 0 Å². The Bertz CT molecular complexity index is 152. The summed E-state index contributed by atoms with van der Waals surface area (Å²) in [4.78, 5) is 11.5. The second-order valence-corrected chi connectivity index (χ2v) is 4.00. The van der Waals surface area contributed by atoms with Gasteiger partial charge in [-0.2, -0.15) is 0 Å². The molecule has 0 radical (unpaired) electrons. The van der Waals surface area contributed by atoms with Crippen LogP contribution >= 0.6 is 0 Å². The lowest BCUT2D eigenvalue weighted by Gasteiger charge is -2.20. The number of carbonyl (C=O) groups is 1. The third-order valence-electron chi connectivity index (χ3n) is 2.63. The van der Waals surface area contributed by atoms with Crippen molar-refractivity contribution in [2.24, 2.45) is 5.73 Å². The Kier molecular flexibility index (Phi) is 5.97. The molecule has 1 unspecified atom stereocenters. The minimum absolute atomic E-state index is 0.214. The van der Waals surface area contributed by atoms with E-state index < -0.39 is 5.54 Å². The first kappa shape index (κ1) is 12.6. The van der Waals surface area contributed by atoms with E-state index >= 15 is 0 Å². The number of hydrogen-bond donors (Lipinski definition) is 1. The Morgan fingerprint density at radius 1 is 1.23 bits per heavy atom. The van der Waals surface area contributed by atoms with Gasteiger partial charge in [-0.3, -0.25) is 4.79 Å². The Hall–Kier alpha value is -0.370. The third-order valence-corrected chi connectivity index (χ3v) is 2.63. The number of rotatable bonds is 7. The maximum atomic E-state index is 11.5. The fourth-order valence-corrected chi connectivity index (χ4v) is 1.20. The topological polar surface area (TPSA) is 43.1 Å². The zero-order valence-electron chi connectivity index (χ0n) is 9.23. The van der Waals surface area contributed by atoms with Crippen molar-refractivity contribution >= 4 is 5.78 Å². The van der Waals surface area contributed by atoms with Gasteiger partial charge in [0.2, 0.25) is 0 Å². The normalized spacial score (nSPS) is 15.4. The molecule has 0 aliphatic rings. The average molecular weight is 185 g/mol. The Morgan fingerprint density at radius 2 is 1.85 bits per heavy atom. The smallest absolute Gasteiger partial charge is 0.152 e. The molecule has 0 aromatic carbocycles. The standard InChI is InChI=1S/C11H23NO/c1-4-6-7-8-9-10(13)11(3,12)5-2/h4-9,12H2,1-3H3. The van der Waals surface area contributed by atoms with E-state index in [0.29, 0.717) is 6.42 Å². The number of unbranched alkanes of at least 4 members (excludes halogenated alkanes) is 3. The first-order valence-electron chi connectivity index (χ1n) is 5.36. The van der Waals surface area contributed by atoms with E-state index in [1.807, 2.05) is 13.8 Å². The summed E-state index contributed by atoms with van der Waals surface area (Å²) in [5.74, 6) is 0.214. The molecule has 0 aromatic heterocycles. The Balaban J connectivity index is 3.62. The van der Waals surface area contributed by atoms with Crippen LogP contribution in [0.1, 0.15) is 59.3 Å². The van der Waals surface area contributed by atoms with Crippen LogP contribution in [-0.2, 0) is 4.79 Å². The molecule has 2 heteroatoms. The molecular weight excluding hydrogens is 162 g/mol. The summed E-state index contributed by atoms with van der Waals surface area (Å²) >= 11 is 0. The second kappa shape index (κ2) is 6.14. The van der Waals surface area contributed by atoms with Gasteiger partial charge in [-0.05, 0) is 19.8 Å². The fourth-order valence-electron chi connectivity index (χ4n) is 1.20. The number of carbonyl (C=O) groups excluding carboxylic acids is 1. The van der Waals surface area contributed by atoms with Gasteiger partial charge in [-0.15, -0.1) is 0 Å². The third kappa shape index (κ3) is 5.04. The zero-order chi connectivity index (χ0) is 10.3. The van der Waals surface area contributed by atoms with Crippen molar-refractivity contribution in [3.05, 3.63) is 0 Å². The van der Waals surface area contributed by atoms with Crippen LogP contribution in [0.4, 0.5) is 0 Å². The van der Waals surface area contributed by atoms with Crippen molar-refractivity contribution in [3.63, 3.8) is 0 Å². The highest BCUT2D eigenvalue weighted by atomic mass is 16.1. The van der Waals surface area contributed by atoms with Gasteiger partial charge >= 0.3 is 0 Å². The molecule has 0 bridgehead atoms. The summed E-state index contributed by atoms with van der Waals surface area (Å²) in [5.41, 5.74) is 5.23. The van der Waals surface area contributed by atoms with Crippen molar-refractivity contribution in [3.8, 4) is 0 Å². The van der Waals surface area contributed by atoms with Crippen LogP contribution in [0.5, 0.6) is 0 Å². The van der Waals surface area contributed by atoms with Crippen molar-refractivity contribution in [2.45, 2.75) is 64.8 Å². The van der Waals surface area contributed by atoms with Crippen molar-refractivity contribution in [1.29, 1.82) is 0 Å². The lowest BCUT2D eigenvalue weighted by atomic mass is 9.91. The van der Waals surface area contributed by atoms with Gasteiger partial charge < -0.3 is 5.73 Å². The molecule has 0 saturated heterocycles. The molecular formula is C11H23NO. The molecule has 78 valence electrons. The predicted octanol–water partition coefficient (Wildman–Crippen LogP) is 2.65. The molecule has 0 rings (SSSR count). The average Bonchev–Trinajstić information content (AvgIpc) is 2.12. The van der Waals surface area contributed by atoms with E-state index in [-0.39, 0.29) is 5.78 Å². The summed E-state index contributed by atoms with van der Waals surface area (Å²) in [6.45, 7) is 5.96. The number of Topliss-reactive ketones (excluding diaryl/α,β-unsaturated/α-hetero) is 1. The van der Waals surface area contributed by atoms with Crippen LogP contribution in [0.3, 0.4) is 0 Å². The predicted molar refractivity (Wildman–Crippen MR) is 56.6 cm³/mol. The van der Waals surface area contributed by atoms with E-state index in [2.05, 4.69) is 6.92 Å². The Labute approximate surface area is 81.9 Å². The van der Waals surface area contributed by atoms with Gasteiger partial charge in [0.05, 0.1) is 5.54 Å². The molecule has 0 aromatic rings. The van der Waals surface area contributed by atoms with Crippen LogP contribution in [0.25, 0.3) is 0 Å². The number of nitrogens with two attached hydrogens (primary N) is 1. The van der Waals surface area contributed by atoms with E-state index in [0.717, 1.165) is 19.3 Å². The highest BCUT2D eigenvalue weighted by Gasteiger charge is 2.24. The highest BCUT2D eigenvalue weighted by Crippen LogP contribution is 2.12. The van der Waals surface area contributed by atoms with Crippen LogP contribution in [0.15, 0.2) is 0 Å². The van der Waals surface area contributed by atoms with Crippen LogP contribution < -0.4 is 5.73 Å². The molecule has 13 heavy (non-hydrogen) atoms. The van der Waals surface area contributed by atoms with Crippen molar-refractivity contribution in [2.75, 3.05) is 0 Å². The monoisotopic (exact) mass is 185 g/mol. The zero-order valence-corrected chi connectivity index (χ0v) is 9.23. The van der Waals surface area contributed by atoms with Gasteiger partial charge in [0.15, 0.2) is 5.78 Å². The van der Waals surface area contributed by atoms with Crippen molar-refractivity contribution < 1.29 is 4.79 Å². The molecule has 0 amide bonds. The fraction of sp³-hybridized carbons (Fsp3) is 0.909. The van der Waals surface area contributed by atoms with E-state index in [9.17, 15) is 4.79 Å². The summed E-state index contributed by atoms with van der Waals surface area (Å²) in [7, 11) is 0. The first-order valence-corrected chi connectivity index (χ1v) is 5.36. The maximum absolute atomic E-state index is 11.5. The van der Waals surface area contributed by atoms with E-state index in [4.69, 9.17) is 5.73 Å². The molecule has 0 fully saturated rings. The van der Waals surface area contributed by atoms with Crippen LogP contribution in [-0.4, -0.2) is 11.3 Å². The van der Waals surface area contributed by atoms with Gasteiger partial charge in [0, 0.05) is 6.42 Å². The van der Waals surface area contributed by atoms with Gasteiger partial charge in [-0.1, -0.05) is 33.1 Å². The molecule has 0 heterocycles. The molecule has 0 aliphatic carbocycles. The minimum Gasteiger partial charge on any atom is -0.319 e. The largest absolute Gasteiger partial charge is 0.319 e. The first-order chi connectivity index (χ1) is 6.04. The summed E-state index contributed by atoms with van der Waals surface area (Å²) < 4.78 is 0. The molecule has 0 spiro atoms. The molecule has 0 saturated carbocycles. The van der Waals surface area contributed by atoms with Gasteiger partial charge in [0.25, 0.3) is 0 Å². The van der Waals surface area contributed by atoms with E-state index in [1.165, 1.54) is 12.8 Å². The number of ketones is 1. The highest BCUT2D eigenvalue weighted by molar-refractivity contribution is 5.87. The van der Waals surface area contributed by atoms with Crippen molar-refractivity contribution in [1.82, 2.24) is 0 Å². The van der Waals surface area contributed by atoms with Gasteiger partial charge in [-0.25, -0.2) is 0 Å². The SMILES string of the molecule is CCCCCCC(=O)C(C)(N)CC. The summed E-state index contributed by atoms with van der Waals surface area (Å²) in [6, 6.07) is 0. The molecule has 0 aliphatic heterocycles.